The topological polar surface area (TPSA) is 68.0 Å². The molecule has 0 saturated heterocycles. The van der Waals surface area contributed by atoms with Crippen molar-refractivity contribution < 1.29 is 4.79 Å². The highest BCUT2D eigenvalue weighted by Crippen LogP contribution is 2.18. The molecule has 4 nitrogen and oxygen atoms in total. The van der Waals surface area contributed by atoms with Gasteiger partial charge in [0.2, 0.25) is 0 Å². The van der Waals surface area contributed by atoms with Crippen LogP contribution in [0.15, 0.2) is 5.38 Å². The summed E-state index contributed by atoms with van der Waals surface area (Å²) >= 11 is 1.52. The number of hydrogen-bond donors (Lipinski definition) is 2. The summed E-state index contributed by atoms with van der Waals surface area (Å²) in [4.78, 5) is 16.0. The molecule has 0 unspecified atom stereocenters. The molecule has 0 aliphatic rings. The Morgan fingerprint density at radius 3 is 2.69 bits per heavy atom. The van der Waals surface area contributed by atoms with E-state index in [1.54, 1.807) is 5.38 Å². The first-order valence-corrected chi connectivity index (χ1v) is 6.20. The monoisotopic (exact) mass is 241 g/mol. The quantitative estimate of drug-likeness (QED) is 0.843. The molecular weight excluding hydrogens is 222 g/mol. The second kappa shape index (κ2) is 4.93. The molecule has 1 rings (SSSR count). The Balaban J connectivity index is 2.60. The predicted octanol–water partition coefficient (Wildman–Crippen LogP) is 1.73. The molecule has 0 aromatic carbocycles. The van der Waals surface area contributed by atoms with Gasteiger partial charge in [-0.3, -0.25) is 4.79 Å². The summed E-state index contributed by atoms with van der Waals surface area (Å²) < 4.78 is 0. The summed E-state index contributed by atoms with van der Waals surface area (Å²) in [6.07, 6.45) is 0. The lowest BCUT2D eigenvalue weighted by molar-refractivity contribution is 0.0941. The van der Waals surface area contributed by atoms with E-state index in [9.17, 15) is 4.79 Å². The van der Waals surface area contributed by atoms with Gasteiger partial charge in [0.05, 0.1) is 5.01 Å². The molecule has 0 spiro atoms. The lowest BCUT2D eigenvalue weighted by Gasteiger charge is -2.18. The van der Waals surface area contributed by atoms with Gasteiger partial charge in [0.1, 0.15) is 5.69 Å². The van der Waals surface area contributed by atoms with E-state index in [4.69, 9.17) is 5.73 Å². The van der Waals surface area contributed by atoms with E-state index in [2.05, 4.69) is 24.1 Å². The molecule has 0 fully saturated rings. The SMILES string of the molecule is CC(C)c1nc(C(=O)NCC(C)(C)N)cs1. The number of thiazole rings is 1. The molecule has 0 saturated carbocycles. The molecule has 1 amide bonds. The van der Waals surface area contributed by atoms with E-state index >= 15 is 0 Å². The maximum absolute atomic E-state index is 11.7. The molecular formula is C11H19N3OS. The fourth-order valence-corrected chi connectivity index (χ4v) is 1.87. The molecule has 1 heterocycles. The van der Waals surface area contributed by atoms with Crippen LogP contribution in [0.2, 0.25) is 0 Å². The zero-order valence-corrected chi connectivity index (χ0v) is 11.0. The van der Waals surface area contributed by atoms with E-state index < -0.39 is 5.54 Å². The minimum absolute atomic E-state index is 0.151. The molecule has 1 aromatic heterocycles. The number of nitrogens with two attached hydrogens (primary N) is 1. The van der Waals surface area contributed by atoms with Gasteiger partial charge in [-0.2, -0.15) is 0 Å². The molecule has 0 atom stereocenters. The third-order valence-electron chi connectivity index (χ3n) is 1.95. The zero-order valence-electron chi connectivity index (χ0n) is 10.2. The molecule has 0 aliphatic carbocycles. The first kappa shape index (κ1) is 13.1. The average molecular weight is 241 g/mol. The van der Waals surface area contributed by atoms with Crippen molar-refractivity contribution in [3.63, 3.8) is 0 Å². The van der Waals surface area contributed by atoms with E-state index in [1.165, 1.54) is 11.3 Å². The zero-order chi connectivity index (χ0) is 12.3. The molecule has 90 valence electrons. The maximum atomic E-state index is 11.7. The number of aromatic nitrogens is 1. The van der Waals surface area contributed by atoms with Crippen molar-refractivity contribution in [2.24, 2.45) is 5.73 Å². The Morgan fingerprint density at radius 2 is 2.25 bits per heavy atom. The largest absolute Gasteiger partial charge is 0.349 e. The van der Waals surface area contributed by atoms with Gasteiger partial charge in [-0.05, 0) is 13.8 Å². The van der Waals surface area contributed by atoms with E-state index in [-0.39, 0.29) is 5.91 Å². The summed E-state index contributed by atoms with van der Waals surface area (Å²) in [6, 6.07) is 0. The van der Waals surface area contributed by atoms with Crippen molar-refractivity contribution in [1.29, 1.82) is 0 Å². The van der Waals surface area contributed by atoms with Crippen LogP contribution in [0.4, 0.5) is 0 Å². The van der Waals surface area contributed by atoms with Crippen molar-refractivity contribution in [1.82, 2.24) is 10.3 Å². The molecule has 0 bridgehead atoms. The van der Waals surface area contributed by atoms with Crippen LogP contribution in [0.25, 0.3) is 0 Å². The smallest absolute Gasteiger partial charge is 0.270 e. The Morgan fingerprint density at radius 1 is 1.62 bits per heavy atom. The van der Waals surface area contributed by atoms with Crippen LogP contribution < -0.4 is 11.1 Å². The summed E-state index contributed by atoms with van der Waals surface area (Å²) in [5, 5.41) is 5.54. The van der Waals surface area contributed by atoms with Crippen LogP contribution in [0, 0.1) is 0 Å². The van der Waals surface area contributed by atoms with Crippen LogP contribution in [0.1, 0.15) is 49.1 Å². The first-order chi connectivity index (χ1) is 7.29. The first-order valence-electron chi connectivity index (χ1n) is 5.32. The highest BCUT2D eigenvalue weighted by Gasteiger charge is 2.16. The number of nitrogens with zero attached hydrogens (tertiary/aromatic N) is 1. The third-order valence-corrected chi connectivity index (χ3v) is 3.10. The lowest BCUT2D eigenvalue weighted by Crippen LogP contribution is -2.45. The van der Waals surface area contributed by atoms with E-state index in [1.807, 2.05) is 13.8 Å². The molecule has 3 N–H and O–H groups in total. The highest BCUT2D eigenvalue weighted by molar-refractivity contribution is 7.09. The molecule has 16 heavy (non-hydrogen) atoms. The lowest BCUT2D eigenvalue weighted by atomic mass is 10.1. The minimum atomic E-state index is -0.396. The van der Waals surface area contributed by atoms with Gasteiger partial charge in [-0.1, -0.05) is 13.8 Å². The fourth-order valence-electron chi connectivity index (χ4n) is 1.06. The Bertz CT molecular complexity index is 366. The minimum Gasteiger partial charge on any atom is -0.349 e. The van der Waals surface area contributed by atoms with Crippen LogP contribution in [-0.4, -0.2) is 23.0 Å². The maximum Gasteiger partial charge on any atom is 0.270 e. The third kappa shape index (κ3) is 3.90. The molecule has 5 heteroatoms. The standard InChI is InChI=1S/C11H19N3OS/c1-7(2)10-14-8(5-16-10)9(15)13-6-11(3,4)12/h5,7H,6,12H2,1-4H3,(H,13,15). The van der Waals surface area contributed by atoms with Gasteiger partial charge in [-0.25, -0.2) is 4.98 Å². The number of carbonyl (C=O) groups excluding carboxylic acids is 1. The second-order valence-corrected chi connectivity index (χ2v) is 5.79. The summed E-state index contributed by atoms with van der Waals surface area (Å²) in [5.74, 6) is 0.208. The van der Waals surface area contributed by atoms with Crippen LogP contribution in [0.5, 0.6) is 0 Å². The summed E-state index contributed by atoms with van der Waals surface area (Å²) in [7, 11) is 0. The number of rotatable bonds is 4. The van der Waals surface area contributed by atoms with Crippen LogP contribution in [-0.2, 0) is 0 Å². The number of nitrogens with one attached hydrogen (secondary N) is 1. The van der Waals surface area contributed by atoms with Crippen LogP contribution >= 0.6 is 11.3 Å². The van der Waals surface area contributed by atoms with Crippen molar-refractivity contribution in [2.45, 2.75) is 39.2 Å². The summed E-state index contributed by atoms with van der Waals surface area (Å²) in [6.45, 7) is 8.30. The number of carbonyl (C=O) groups is 1. The summed E-state index contributed by atoms with van der Waals surface area (Å²) in [5.41, 5.74) is 5.87. The van der Waals surface area contributed by atoms with Crippen molar-refractivity contribution >= 4 is 17.2 Å². The van der Waals surface area contributed by atoms with E-state index in [0.29, 0.717) is 18.2 Å². The normalized spacial score (nSPS) is 11.9. The van der Waals surface area contributed by atoms with Crippen LogP contribution in [0.3, 0.4) is 0 Å². The van der Waals surface area contributed by atoms with Gasteiger partial charge in [0.25, 0.3) is 5.91 Å². The molecule has 0 radical (unpaired) electrons. The highest BCUT2D eigenvalue weighted by atomic mass is 32.1. The Labute approximate surface area is 100 Å². The fraction of sp³-hybridized carbons (Fsp3) is 0.636. The number of hydrogen-bond acceptors (Lipinski definition) is 4. The van der Waals surface area contributed by atoms with Gasteiger partial charge < -0.3 is 11.1 Å². The van der Waals surface area contributed by atoms with Gasteiger partial charge in [0, 0.05) is 23.4 Å². The van der Waals surface area contributed by atoms with Crippen molar-refractivity contribution in [3.05, 3.63) is 16.1 Å². The Kier molecular flexibility index (Phi) is 4.04. The van der Waals surface area contributed by atoms with Crippen molar-refractivity contribution in [3.8, 4) is 0 Å². The second-order valence-electron chi connectivity index (χ2n) is 4.90. The average Bonchev–Trinajstić information content (AvgIpc) is 2.61. The molecule has 1 aromatic rings. The number of amides is 1. The van der Waals surface area contributed by atoms with Gasteiger partial charge in [0.15, 0.2) is 0 Å². The van der Waals surface area contributed by atoms with E-state index in [0.717, 1.165) is 5.01 Å². The van der Waals surface area contributed by atoms with Crippen molar-refractivity contribution in [2.75, 3.05) is 6.54 Å². The van der Waals surface area contributed by atoms with Gasteiger partial charge in [-0.15, -0.1) is 11.3 Å². The predicted molar refractivity (Wildman–Crippen MR) is 66.8 cm³/mol. The Hall–Kier alpha value is -0.940. The molecule has 0 aliphatic heterocycles. The van der Waals surface area contributed by atoms with Gasteiger partial charge >= 0.3 is 0 Å².